The van der Waals surface area contributed by atoms with Gasteiger partial charge in [-0.1, -0.05) is 28.9 Å². The van der Waals surface area contributed by atoms with Gasteiger partial charge < -0.3 is 10.2 Å². The van der Waals surface area contributed by atoms with E-state index in [9.17, 15) is 9.59 Å². The summed E-state index contributed by atoms with van der Waals surface area (Å²) in [6.07, 6.45) is 2.24. The van der Waals surface area contributed by atoms with Crippen molar-refractivity contribution in [3.8, 4) is 0 Å². The van der Waals surface area contributed by atoms with Gasteiger partial charge in [0.25, 0.3) is 0 Å². The van der Waals surface area contributed by atoms with E-state index in [1.54, 1.807) is 4.90 Å². The molecule has 1 unspecified atom stereocenters. The monoisotopic (exact) mass is 324 g/mol. The third kappa shape index (κ3) is 3.35. The van der Waals surface area contributed by atoms with Crippen LogP contribution in [0.25, 0.3) is 0 Å². The average molecular weight is 325 g/mol. The summed E-state index contributed by atoms with van der Waals surface area (Å²) >= 11 is 3.32. The van der Waals surface area contributed by atoms with Crippen LogP contribution < -0.4 is 10.2 Å². The fourth-order valence-electron chi connectivity index (χ4n) is 2.08. The number of amides is 2. The summed E-state index contributed by atoms with van der Waals surface area (Å²) in [5.74, 6) is 0.0859. The quantitative estimate of drug-likeness (QED) is 0.866. The highest BCUT2D eigenvalue weighted by molar-refractivity contribution is 9.10. The fraction of sp³-hybridized carbons (Fsp3) is 0.429. The van der Waals surface area contributed by atoms with Crippen LogP contribution >= 0.6 is 15.9 Å². The smallest absolute Gasteiger partial charge is 0.238 e. The van der Waals surface area contributed by atoms with Gasteiger partial charge in [-0.3, -0.25) is 9.59 Å². The number of nitrogens with one attached hydrogen (secondary N) is 1. The van der Waals surface area contributed by atoms with Crippen molar-refractivity contribution < 1.29 is 9.59 Å². The number of halogens is 1. The molecule has 1 aromatic carbocycles. The van der Waals surface area contributed by atoms with Crippen molar-refractivity contribution in [3.05, 3.63) is 24.3 Å². The van der Waals surface area contributed by atoms with Crippen molar-refractivity contribution in [2.45, 2.75) is 31.0 Å². The molecule has 1 aromatic rings. The fourth-order valence-corrected chi connectivity index (χ4v) is 2.19. The summed E-state index contributed by atoms with van der Waals surface area (Å²) in [5, 5.41) is 2.85. The van der Waals surface area contributed by atoms with Crippen LogP contribution in [0.5, 0.6) is 0 Å². The van der Waals surface area contributed by atoms with Crippen LogP contribution in [0.3, 0.4) is 0 Å². The number of nitrogens with zero attached hydrogens (tertiary/aromatic N) is 1. The van der Waals surface area contributed by atoms with Gasteiger partial charge in [-0.2, -0.15) is 0 Å². The topological polar surface area (TPSA) is 49.4 Å². The molecule has 1 fully saturated rings. The number of hydrogen-bond acceptors (Lipinski definition) is 2. The van der Waals surface area contributed by atoms with Crippen LogP contribution in [0.1, 0.15) is 26.2 Å². The van der Waals surface area contributed by atoms with Gasteiger partial charge in [0.15, 0.2) is 0 Å². The maximum absolute atomic E-state index is 11.8. The Labute approximate surface area is 121 Å². The Balaban J connectivity index is 2.11. The minimum atomic E-state index is -0.190. The van der Waals surface area contributed by atoms with Gasteiger partial charge in [0.1, 0.15) is 0 Å². The minimum absolute atomic E-state index is 0.0626. The van der Waals surface area contributed by atoms with Gasteiger partial charge in [-0.15, -0.1) is 0 Å². The Morgan fingerprint density at radius 1 is 1.53 bits per heavy atom. The van der Waals surface area contributed by atoms with E-state index in [0.717, 1.165) is 30.8 Å². The molecule has 5 heteroatoms. The molecule has 4 nitrogen and oxygen atoms in total. The summed E-state index contributed by atoms with van der Waals surface area (Å²) in [4.78, 5) is 25.1. The van der Waals surface area contributed by atoms with Crippen molar-refractivity contribution in [1.82, 2.24) is 0 Å². The second kappa shape index (κ2) is 6.19. The number of alkyl halides is 1. The number of benzene rings is 1. The number of carbonyl (C=O) groups is 2. The molecule has 1 aliphatic heterocycles. The van der Waals surface area contributed by atoms with Gasteiger partial charge in [-0.25, -0.2) is 0 Å². The number of carbonyl (C=O) groups excluding carboxylic acids is 2. The van der Waals surface area contributed by atoms with Crippen LogP contribution in [0.15, 0.2) is 24.3 Å². The maximum atomic E-state index is 11.8. The van der Waals surface area contributed by atoms with Crippen molar-refractivity contribution in [3.63, 3.8) is 0 Å². The van der Waals surface area contributed by atoms with Gasteiger partial charge in [0, 0.05) is 24.3 Å². The average Bonchev–Trinajstić information content (AvgIpc) is 2.84. The predicted octanol–water partition coefficient (Wildman–Crippen LogP) is 2.93. The zero-order valence-electron chi connectivity index (χ0n) is 10.9. The van der Waals surface area contributed by atoms with E-state index in [2.05, 4.69) is 21.2 Å². The molecule has 0 bridgehead atoms. The molecule has 1 aliphatic rings. The van der Waals surface area contributed by atoms with E-state index in [1.165, 1.54) is 0 Å². The molecule has 0 aliphatic carbocycles. The molecule has 1 atom stereocenters. The van der Waals surface area contributed by atoms with E-state index < -0.39 is 0 Å². The normalized spacial score (nSPS) is 16.5. The summed E-state index contributed by atoms with van der Waals surface area (Å²) in [7, 11) is 0. The molecular formula is C14H17BrN2O2. The van der Waals surface area contributed by atoms with Gasteiger partial charge >= 0.3 is 0 Å². The number of hydrogen-bond donors (Lipinski definition) is 1. The van der Waals surface area contributed by atoms with Crippen molar-refractivity contribution in [1.29, 1.82) is 0 Å². The Morgan fingerprint density at radius 3 is 2.95 bits per heavy atom. The largest absolute Gasteiger partial charge is 0.325 e. The molecule has 2 rings (SSSR count). The highest BCUT2D eigenvalue weighted by Gasteiger charge is 2.22. The third-order valence-corrected chi connectivity index (χ3v) is 4.21. The first-order valence-corrected chi connectivity index (χ1v) is 7.38. The lowest BCUT2D eigenvalue weighted by molar-refractivity contribution is -0.117. The standard InChI is InChI=1S/C14H17BrN2O2/c1-2-12(15)14(19)16-10-5-3-6-11(9-10)17-8-4-7-13(17)18/h3,5-6,9,12H,2,4,7-8H2,1H3,(H,16,19). The highest BCUT2D eigenvalue weighted by atomic mass is 79.9. The Kier molecular flexibility index (Phi) is 4.58. The molecule has 1 N–H and O–H groups in total. The molecule has 0 radical (unpaired) electrons. The number of rotatable bonds is 4. The first-order chi connectivity index (χ1) is 9.11. The summed E-state index contributed by atoms with van der Waals surface area (Å²) in [6.45, 7) is 2.70. The maximum Gasteiger partial charge on any atom is 0.238 e. The van der Waals surface area contributed by atoms with Crippen molar-refractivity contribution in [2.24, 2.45) is 0 Å². The summed E-state index contributed by atoms with van der Waals surface area (Å²) in [6, 6.07) is 7.42. The Bertz CT molecular complexity index is 490. The molecular weight excluding hydrogens is 308 g/mol. The van der Waals surface area contributed by atoms with Crippen LogP contribution in [-0.2, 0) is 9.59 Å². The van der Waals surface area contributed by atoms with Gasteiger partial charge in [-0.05, 0) is 31.0 Å². The SMILES string of the molecule is CCC(Br)C(=O)Nc1cccc(N2CCCC2=O)c1. The van der Waals surface area contributed by atoms with Gasteiger partial charge in [0.05, 0.1) is 4.83 Å². The first kappa shape index (κ1) is 14.1. The second-order valence-corrected chi connectivity index (χ2v) is 5.67. The minimum Gasteiger partial charge on any atom is -0.325 e. The molecule has 0 saturated carbocycles. The summed E-state index contributed by atoms with van der Waals surface area (Å²) in [5.41, 5.74) is 1.57. The predicted molar refractivity (Wildman–Crippen MR) is 79.7 cm³/mol. The molecule has 2 amide bonds. The zero-order valence-corrected chi connectivity index (χ0v) is 12.4. The Morgan fingerprint density at radius 2 is 2.32 bits per heavy atom. The first-order valence-electron chi connectivity index (χ1n) is 6.47. The van der Waals surface area contributed by atoms with Gasteiger partial charge in [0.2, 0.25) is 11.8 Å². The Hall–Kier alpha value is -1.36. The third-order valence-electron chi connectivity index (χ3n) is 3.14. The number of anilines is 2. The van der Waals surface area contributed by atoms with E-state index in [4.69, 9.17) is 0 Å². The molecule has 1 saturated heterocycles. The molecule has 1 heterocycles. The second-order valence-electron chi connectivity index (χ2n) is 4.56. The summed E-state index contributed by atoms with van der Waals surface area (Å²) < 4.78 is 0. The lowest BCUT2D eigenvalue weighted by Crippen LogP contribution is -2.24. The lowest BCUT2D eigenvalue weighted by atomic mass is 10.2. The van der Waals surface area contributed by atoms with Crippen LogP contribution in [0.4, 0.5) is 11.4 Å². The van der Waals surface area contributed by atoms with E-state index in [1.807, 2.05) is 31.2 Å². The zero-order chi connectivity index (χ0) is 13.8. The van der Waals surface area contributed by atoms with Crippen LogP contribution in [0, 0.1) is 0 Å². The van der Waals surface area contributed by atoms with E-state index in [-0.39, 0.29) is 16.6 Å². The van der Waals surface area contributed by atoms with E-state index in [0.29, 0.717) is 6.42 Å². The van der Waals surface area contributed by atoms with Crippen LogP contribution in [0.2, 0.25) is 0 Å². The molecule has 19 heavy (non-hydrogen) atoms. The van der Waals surface area contributed by atoms with Crippen molar-refractivity contribution in [2.75, 3.05) is 16.8 Å². The molecule has 102 valence electrons. The molecule has 0 spiro atoms. The van der Waals surface area contributed by atoms with Crippen molar-refractivity contribution >= 4 is 39.1 Å². The molecule has 0 aromatic heterocycles. The van der Waals surface area contributed by atoms with E-state index >= 15 is 0 Å². The van der Waals surface area contributed by atoms with Crippen LogP contribution in [-0.4, -0.2) is 23.2 Å². The lowest BCUT2D eigenvalue weighted by Gasteiger charge is -2.17. The highest BCUT2D eigenvalue weighted by Crippen LogP contribution is 2.24.